The van der Waals surface area contributed by atoms with Crippen molar-refractivity contribution in [1.29, 1.82) is 0 Å². The van der Waals surface area contributed by atoms with Gasteiger partial charge in [0.1, 0.15) is 0 Å². The fraction of sp³-hybridized carbons (Fsp3) is 0.706. The van der Waals surface area contributed by atoms with Gasteiger partial charge in [0, 0.05) is 24.3 Å². The first-order valence-electron chi connectivity index (χ1n) is 8.05. The van der Waals surface area contributed by atoms with Crippen molar-refractivity contribution in [2.75, 3.05) is 6.54 Å². The van der Waals surface area contributed by atoms with Gasteiger partial charge >= 0.3 is 0 Å². The molecule has 114 valence electrons. The van der Waals surface area contributed by atoms with Gasteiger partial charge in [-0.15, -0.1) is 0 Å². The van der Waals surface area contributed by atoms with E-state index in [1.807, 2.05) is 10.6 Å². The summed E-state index contributed by atoms with van der Waals surface area (Å²) in [5.41, 5.74) is 2.23. The largest absolute Gasteiger partial charge is 0.312 e. The molecule has 0 saturated carbocycles. The van der Waals surface area contributed by atoms with Gasteiger partial charge in [0.2, 0.25) is 0 Å². The van der Waals surface area contributed by atoms with Crippen molar-refractivity contribution in [2.24, 2.45) is 0 Å². The summed E-state index contributed by atoms with van der Waals surface area (Å²) < 4.78 is 1.98. The molecule has 1 aromatic rings. The molecule has 0 spiro atoms. The van der Waals surface area contributed by atoms with Crippen LogP contribution in [0.5, 0.6) is 0 Å². The van der Waals surface area contributed by atoms with Gasteiger partial charge in [-0.25, -0.2) is 0 Å². The van der Waals surface area contributed by atoms with E-state index in [9.17, 15) is 4.79 Å². The molecule has 0 amide bonds. The van der Waals surface area contributed by atoms with E-state index in [0.29, 0.717) is 12.5 Å². The summed E-state index contributed by atoms with van der Waals surface area (Å²) >= 11 is 0. The van der Waals surface area contributed by atoms with Crippen LogP contribution in [0.4, 0.5) is 0 Å². The number of nitrogens with one attached hydrogen (secondary N) is 1. The van der Waals surface area contributed by atoms with Crippen LogP contribution in [0, 0.1) is 0 Å². The molecule has 0 unspecified atom stereocenters. The molecule has 0 saturated heterocycles. The van der Waals surface area contributed by atoms with E-state index in [-0.39, 0.29) is 5.56 Å². The topological polar surface area (TPSA) is 34.0 Å². The number of aromatic nitrogens is 1. The number of rotatable bonds is 9. The molecule has 0 aliphatic rings. The predicted molar refractivity (Wildman–Crippen MR) is 86.3 cm³/mol. The second-order valence-electron chi connectivity index (χ2n) is 5.78. The van der Waals surface area contributed by atoms with Crippen LogP contribution in [0.15, 0.2) is 16.9 Å². The summed E-state index contributed by atoms with van der Waals surface area (Å²) in [5, 5.41) is 3.36. The van der Waals surface area contributed by atoms with E-state index in [1.54, 1.807) is 0 Å². The molecular weight excluding hydrogens is 248 g/mol. The first kappa shape index (κ1) is 17.0. The Hall–Kier alpha value is -1.09. The Labute approximate surface area is 123 Å². The summed E-state index contributed by atoms with van der Waals surface area (Å²) in [4.78, 5) is 12.6. The van der Waals surface area contributed by atoms with E-state index < -0.39 is 0 Å². The van der Waals surface area contributed by atoms with Gasteiger partial charge in [0.15, 0.2) is 0 Å². The van der Waals surface area contributed by atoms with Crippen molar-refractivity contribution in [2.45, 2.75) is 72.4 Å². The molecule has 0 atom stereocenters. The van der Waals surface area contributed by atoms with Crippen LogP contribution in [-0.4, -0.2) is 11.1 Å². The molecule has 0 bridgehead atoms. The third kappa shape index (κ3) is 4.78. The second-order valence-corrected chi connectivity index (χ2v) is 5.78. The van der Waals surface area contributed by atoms with Crippen LogP contribution >= 0.6 is 0 Å². The highest BCUT2D eigenvalue weighted by Gasteiger charge is 2.10. The Morgan fingerprint density at radius 2 is 1.85 bits per heavy atom. The predicted octanol–water partition coefficient (Wildman–Crippen LogP) is 3.66. The van der Waals surface area contributed by atoms with Gasteiger partial charge in [-0.2, -0.15) is 0 Å². The fourth-order valence-electron chi connectivity index (χ4n) is 2.35. The minimum Gasteiger partial charge on any atom is -0.312 e. The molecule has 0 aliphatic heterocycles. The number of nitrogens with zero attached hydrogens (tertiary/aromatic N) is 1. The van der Waals surface area contributed by atoms with Crippen molar-refractivity contribution in [3.8, 4) is 0 Å². The SMILES string of the molecule is CCCCNCc1ccc(C(C)C)n(CCCC)c1=O. The van der Waals surface area contributed by atoms with Crippen molar-refractivity contribution in [1.82, 2.24) is 9.88 Å². The molecule has 3 heteroatoms. The van der Waals surface area contributed by atoms with Crippen LogP contribution in [0.3, 0.4) is 0 Å². The zero-order valence-corrected chi connectivity index (χ0v) is 13.5. The van der Waals surface area contributed by atoms with Crippen LogP contribution in [-0.2, 0) is 13.1 Å². The molecule has 20 heavy (non-hydrogen) atoms. The third-order valence-electron chi connectivity index (χ3n) is 3.64. The van der Waals surface area contributed by atoms with Gasteiger partial charge in [-0.1, -0.05) is 46.6 Å². The second kappa shape index (κ2) is 8.96. The zero-order valence-electron chi connectivity index (χ0n) is 13.5. The first-order valence-corrected chi connectivity index (χ1v) is 8.05. The molecule has 3 nitrogen and oxygen atoms in total. The summed E-state index contributed by atoms with van der Waals surface area (Å²) in [5.74, 6) is 0.390. The van der Waals surface area contributed by atoms with E-state index in [1.165, 1.54) is 6.42 Å². The summed E-state index contributed by atoms with van der Waals surface area (Å²) in [6, 6.07) is 4.12. The fourth-order valence-corrected chi connectivity index (χ4v) is 2.35. The van der Waals surface area contributed by atoms with Gasteiger partial charge < -0.3 is 9.88 Å². The zero-order chi connectivity index (χ0) is 15.0. The normalized spacial score (nSPS) is 11.2. The summed E-state index contributed by atoms with van der Waals surface area (Å²) in [7, 11) is 0. The van der Waals surface area contributed by atoms with Gasteiger partial charge in [-0.05, 0) is 31.4 Å². The molecule has 1 heterocycles. The Morgan fingerprint density at radius 3 is 2.45 bits per heavy atom. The lowest BCUT2D eigenvalue weighted by Gasteiger charge is -2.17. The molecule has 0 aliphatic carbocycles. The van der Waals surface area contributed by atoms with Gasteiger partial charge in [0.05, 0.1) is 0 Å². The highest BCUT2D eigenvalue weighted by Crippen LogP contribution is 2.14. The molecule has 1 aromatic heterocycles. The van der Waals surface area contributed by atoms with Crippen LogP contribution in [0.25, 0.3) is 0 Å². The molecule has 0 fully saturated rings. The van der Waals surface area contributed by atoms with Gasteiger partial charge in [-0.3, -0.25) is 4.79 Å². The molecule has 0 aromatic carbocycles. The van der Waals surface area contributed by atoms with E-state index in [0.717, 1.165) is 43.6 Å². The van der Waals surface area contributed by atoms with Crippen molar-refractivity contribution >= 4 is 0 Å². The quantitative estimate of drug-likeness (QED) is 0.699. The number of unbranched alkanes of at least 4 members (excludes halogenated alkanes) is 2. The van der Waals surface area contributed by atoms with Crippen LogP contribution < -0.4 is 10.9 Å². The maximum Gasteiger partial charge on any atom is 0.255 e. The molecule has 1 N–H and O–H groups in total. The lowest BCUT2D eigenvalue weighted by Crippen LogP contribution is -2.30. The van der Waals surface area contributed by atoms with Gasteiger partial charge in [0.25, 0.3) is 5.56 Å². The van der Waals surface area contributed by atoms with E-state index in [4.69, 9.17) is 0 Å². The maximum atomic E-state index is 12.6. The standard InChI is InChI=1S/C17H30N2O/c1-5-7-11-18-13-15-9-10-16(14(3)4)19(17(15)20)12-8-6-2/h9-10,14,18H,5-8,11-13H2,1-4H3. The first-order chi connectivity index (χ1) is 9.61. The Morgan fingerprint density at radius 1 is 1.15 bits per heavy atom. The smallest absolute Gasteiger partial charge is 0.255 e. The number of hydrogen-bond acceptors (Lipinski definition) is 2. The van der Waals surface area contributed by atoms with E-state index in [2.05, 4.69) is 39.1 Å². The van der Waals surface area contributed by atoms with Crippen LogP contribution in [0.1, 0.15) is 70.6 Å². The van der Waals surface area contributed by atoms with Crippen LogP contribution in [0.2, 0.25) is 0 Å². The number of hydrogen-bond donors (Lipinski definition) is 1. The Bertz CT molecular complexity index is 449. The minimum atomic E-state index is 0.189. The summed E-state index contributed by atoms with van der Waals surface area (Å²) in [6.45, 7) is 11.1. The third-order valence-corrected chi connectivity index (χ3v) is 3.64. The molecule has 1 rings (SSSR count). The van der Waals surface area contributed by atoms with E-state index >= 15 is 0 Å². The Balaban J connectivity index is 2.89. The highest BCUT2D eigenvalue weighted by atomic mass is 16.1. The van der Waals surface area contributed by atoms with Crippen molar-refractivity contribution < 1.29 is 0 Å². The average Bonchev–Trinajstić information content (AvgIpc) is 2.43. The lowest BCUT2D eigenvalue weighted by atomic mass is 10.1. The lowest BCUT2D eigenvalue weighted by molar-refractivity contribution is 0.558. The highest BCUT2D eigenvalue weighted by molar-refractivity contribution is 5.18. The monoisotopic (exact) mass is 278 g/mol. The molecule has 0 radical (unpaired) electrons. The maximum absolute atomic E-state index is 12.6. The number of pyridine rings is 1. The van der Waals surface area contributed by atoms with Crippen molar-refractivity contribution in [3.63, 3.8) is 0 Å². The summed E-state index contributed by atoms with van der Waals surface area (Å²) in [6.07, 6.45) is 4.52. The Kier molecular flexibility index (Phi) is 7.60. The van der Waals surface area contributed by atoms with Crippen molar-refractivity contribution in [3.05, 3.63) is 33.7 Å². The minimum absolute atomic E-state index is 0.189. The average molecular weight is 278 g/mol. The molecular formula is C17H30N2O.